The van der Waals surface area contributed by atoms with E-state index < -0.39 is 0 Å². The van der Waals surface area contributed by atoms with Crippen molar-refractivity contribution >= 4 is 11.7 Å². The largest absolute Gasteiger partial charge is 0.466 e. The van der Waals surface area contributed by atoms with Crippen molar-refractivity contribution in [1.29, 1.82) is 0 Å². The molecule has 0 fully saturated rings. The summed E-state index contributed by atoms with van der Waals surface area (Å²) in [6, 6.07) is 18.6. The molecule has 2 aromatic rings. The molecule has 0 amide bonds. The molecule has 0 bridgehead atoms. The van der Waals surface area contributed by atoms with Gasteiger partial charge in [-0.1, -0.05) is 42.5 Å². The molecule has 110 valence electrons. The Balaban J connectivity index is 1.79. The number of nitrogens with one attached hydrogen (secondary N) is 1. The van der Waals surface area contributed by atoms with E-state index in [4.69, 9.17) is 4.74 Å². The maximum Gasteiger partial charge on any atom is 0.305 e. The van der Waals surface area contributed by atoms with Gasteiger partial charge in [0.2, 0.25) is 0 Å². The SMILES string of the molecule is CCOC(=O)CCCNc1ccc(-c2ccccc2)cc1. The van der Waals surface area contributed by atoms with E-state index in [0.717, 1.165) is 18.7 Å². The lowest BCUT2D eigenvalue weighted by Gasteiger charge is -2.07. The quantitative estimate of drug-likeness (QED) is 0.614. The summed E-state index contributed by atoms with van der Waals surface area (Å²) in [5.74, 6) is -0.126. The fraction of sp³-hybridized carbons (Fsp3) is 0.278. The average Bonchev–Trinajstić information content (AvgIpc) is 2.53. The van der Waals surface area contributed by atoms with E-state index in [0.29, 0.717) is 13.0 Å². The molecule has 2 aromatic carbocycles. The third-order valence-electron chi connectivity index (χ3n) is 3.18. The number of carbonyl (C=O) groups excluding carboxylic acids is 1. The van der Waals surface area contributed by atoms with Crippen molar-refractivity contribution < 1.29 is 9.53 Å². The monoisotopic (exact) mass is 283 g/mol. The number of hydrogen-bond acceptors (Lipinski definition) is 3. The van der Waals surface area contributed by atoms with Crippen LogP contribution in [0.2, 0.25) is 0 Å². The van der Waals surface area contributed by atoms with Gasteiger partial charge in [-0.05, 0) is 36.6 Å². The molecule has 3 heteroatoms. The lowest BCUT2D eigenvalue weighted by molar-refractivity contribution is -0.143. The third-order valence-corrected chi connectivity index (χ3v) is 3.18. The van der Waals surface area contributed by atoms with Gasteiger partial charge >= 0.3 is 5.97 Å². The standard InChI is InChI=1S/C18H21NO2/c1-2-21-18(20)9-6-14-19-17-12-10-16(11-13-17)15-7-4-3-5-8-15/h3-5,7-8,10-13,19H,2,6,9,14H2,1H3. The molecule has 0 radical (unpaired) electrons. The number of benzene rings is 2. The Bertz CT molecular complexity index is 549. The minimum Gasteiger partial charge on any atom is -0.466 e. The summed E-state index contributed by atoms with van der Waals surface area (Å²) >= 11 is 0. The number of esters is 1. The summed E-state index contributed by atoms with van der Waals surface area (Å²) in [6.07, 6.45) is 1.24. The van der Waals surface area contributed by atoms with Crippen LogP contribution in [0.25, 0.3) is 11.1 Å². The minimum absolute atomic E-state index is 0.126. The molecule has 0 heterocycles. The molecule has 0 unspecified atom stereocenters. The van der Waals surface area contributed by atoms with E-state index in [2.05, 4.69) is 41.7 Å². The molecule has 3 nitrogen and oxygen atoms in total. The van der Waals surface area contributed by atoms with E-state index in [1.807, 2.05) is 25.1 Å². The third kappa shape index (κ3) is 4.95. The van der Waals surface area contributed by atoms with Gasteiger partial charge in [-0.3, -0.25) is 4.79 Å². The topological polar surface area (TPSA) is 38.3 Å². The molecular weight excluding hydrogens is 262 g/mol. The number of carbonyl (C=O) groups is 1. The van der Waals surface area contributed by atoms with Crippen molar-refractivity contribution in [3.05, 3.63) is 54.6 Å². The molecule has 0 atom stereocenters. The summed E-state index contributed by atoms with van der Waals surface area (Å²) in [5.41, 5.74) is 3.48. The Morgan fingerprint density at radius 3 is 2.33 bits per heavy atom. The number of ether oxygens (including phenoxy) is 1. The molecule has 0 spiro atoms. The van der Waals surface area contributed by atoms with E-state index in [1.54, 1.807) is 0 Å². The molecule has 1 N–H and O–H groups in total. The minimum atomic E-state index is -0.126. The van der Waals surface area contributed by atoms with Crippen molar-refractivity contribution in [2.75, 3.05) is 18.5 Å². The van der Waals surface area contributed by atoms with Crippen molar-refractivity contribution in [3.63, 3.8) is 0 Å². The maximum absolute atomic E-state index is 11.2. The van der Waals surface area contributed by atoms with Gasteiger partial charge in [0.15, 0.2) is 0 Å². The highest BCUT2D eigenvalue weighted by molar-refractivity contribution is 5.69. The Morgan fingerprint density at radius 2 is 1.67 bits per heavy atom. The zero-order valence-corrected chi connectivity index (χ0v) is 12.3. The van der Waals surface area contributed by atoms with E-state index in [-0.39, 0.29) is 5.97 Å². The molecule has 0 saturated heterocycles. The van der Waals surface area contributed by atoms with E-state index >= 15 is 0 Å². The fourth-order valence-electron chi connectivity index (χ4n) is 2.11. The van der Waals surface area contributed by atoms with Crippen LogP contribution in [0.15, 0.2) is 54.6 Å². The highest BCUT2D eigenvalue weighted by Crippen LogP contribution is 2.20. The molecule has 0 aliphatic heterocycles. The normalized spacial score (nSPS) is 10.1. The maximum atomic E-state index is 11.2. The van der Waals surface area contributed by atoms with Crippen LogP contribution in [0.5, 0.6) is 0 Å². The van der Waals surface area contributed by atoms with Crippen LogP contribution in [-0.2, 0) is 9.53 Å². The summed E-state index contributed by atoms with van der Waals surface area (Å²) in [6.45, 7) is 3.04. The number of anilines is 1. The molecule has 0 aliphatic rings. The van der Waals surface area contributed by atoms with E-state index in [9.17, 15) is 4.79 Å². The lowest BCUT2D eigenvalue weighted by atomic mass is 10.1. The Kier molecular flexibility index (Phi) is 5.83. The predicted molar refractivity (Wildman–Crippen MR) is 86.2 cm³/mol. The van der Waals surface area contributed by atoms with E-state index in [1.165, 1.54) is 11.1 Å². The summed E-state index contributed by atoms with van der Waals surface area (Å²) in [7, 11) is 0. The first-order chi connectivity index (χ1) is 10.3. The van der Waals surface area contributed by atoms with Gasteiger partial charge in [0.05, 0.1) is 6.61 Å². The van der Waals surface area contributed by atoms with Crippen LogP contribution < -0.4 is 5.32 Å². The van der Waals surface area contributed by atoms with Crippen LogP contribution in [0.1, 0.15) is 19.8 Å². The first-order valence-electron chi connectivity index (χ1n) is 7.34. The van der Waals surface area contributed by atoms with Crippen LogP contribution in [-0.4, -0.2) is 19.1 Å². The smallest absolute Gasteiger partial charge is 0.305 e. The lowest BCUT2D eigenvalue weighted by Crippen LogP contribution is -2.08. The van der Waals surface area contributed by atoms with Crippen molar-refractivity contribution in [3.8, 4) is 11.1 Å². The Morgan fingerprint density at radius 1 is 1.00 bits per heavy atom. The van der Waals surface area contributed by atoms with Gasteiger partial charge in [0.25, 0.3) is 0 Å². The number of rotatable bonds is 7. The Hall–Kier alpha value is -2.29. The zero-order chi connectivity index (χ0) is 14.9. The Labute approximate surface area is 126 Å². The van der Waals surface area contributed by atoms with Crippen molar-refractivity contribution in [1.82, 2.24) is 0 Å². The van der Waals surface area contributed by atoms with Gasteiger partial charge in [0, 0.05) is 18.7 Å². The number of hydrogen-bond donors (Lipinski definition) is 1. The second-order valence-corrected chi connectivity index (χ2v) is 4.78. The first kappa shape index (κ1) is 15.1. The molecule has 0 saturated carbocycles. The molecule has 0 aromatic heterocycles. The van der Waals surface area contributed by atoms with Crippen molar-refractivity contribution in [2.24, 2.45) is 0 Å². The predicted octanol–water partition coefficient (Wildman–Crippen LogP) is 4.11. The van der Waals surface area contributed by atoms with Gasteiger partial charge in [-0.2, -0.15) is 0 Å². The van der Waals surface area contributed by atoms with Crippen LogP contribution in [0, 0.1) is 0 Å². The highest BCUT2D eigenvalue weighted by Gasteiger charge is 2.01. The summed E-state index contributed by atoms with van der Waals surface area (Å²) < 4.78 is 4.89. The summed E-state index contributed by atoms with van der Waals surface area (Å²) in [4.78, 5) is 11.2. The molecular formula is C18H21NO2. The second kappa shape index (κ2) is 8.10. The highest BCUT2D eigenvalue weighted by atomic mass is 16.5. The first-order valence-corrected chi connectivity index (χ1v) is 7.34. The zero-order valence-electron chi connectivity index (χ0n) is 12.3. The molecule has 21 heavy (non-hydrogen) atoms. The molecule has 0 aliphatic carbocycles. The van der Waals surface area contributed by atoms with Crippen LogP contribution in [0.4, 0.5) is 5.69 Å². The van der Waals surface area contributed by atoms with Crippen LogP contribution in [0.3, 0.4) is 0 Å². The van der Waals surface area contributed by atoms with Gasteiger partial charge in [-0.25, -0.2) is 0 Å². The van der Waals surface area contributed by atoms with Crippen LogP contribution >= 0.6 is 0 Å². The average molecular weight is 283 g/mol. The van der Waals surface area contributed by atoms with Gasteiger partial charge in [-0.15, -0.1) is 0 Å². The molecule has 2 rings (SSSR count). The van der Waals surface area contributed by atoms with Gasteiger partial charge in [0.1, 0.15) is 0 Å². The fourth-order valence-corrected chi connectivity index (χ4v) is 2.11. The van der Waals surface area contributed by atoms with Gasteiger partial charge < -0.3 is 10.1 Å². The van der Waals surface area contributed by atoms with Crippen molar-refractivity contribution in [2.45, 2.75) is 19.8 Å². The second-order valence-electron chi connectivity index (χ2n) is 4.78. The summed E-state index contributed by atoms with van der Waals surface area (Å²) in [5, 5.41) is 3.31.